The fourth-order valence-electron chi connectivity index (χ4n) is 2.30. The molecule has 20 heavy (non-hydrogen) atoms. The van der Waals surface area contributed by atoms with Crippen LogP contribution in [0.1, 0.15) is 24.1 Å². The monoisotopic (exact) mass is 288 g/mol. The van der Waals surface area contributed by atoms with E-state index in [-0.39, 0.29) is 0 Å². The molecule has 2 aromatic rings. The first-order valence-corrected chi connectivity index (χ1v) is 7.18. The molecule has 0 radical (unpaired) electrons. The Kier molecular flexibility index (Phi) is 4.69. The maximum absolute atomic E-state index is 6.46. The average molecular weight is 289 g/mol. The zero-order chi connectivity index (χ0) is 14.7. The van der Waals surface area contributed by atoms with Crippen molar-refractivity contribution in [2.24, 2.45) is 0 Å². The first-order valence-electron chi connectivity index (χ1n) is 6.80. The van der Waals surface area contributed by atoms with E-state index in [9.17, 15) is 0 Å². The highest BCUT2D eigenvalue weighted by atomic mass is 35.5. The number of anilines is 2. The van der Waals surface area contributed by atoms with E-state index in [1.807, 2.05) is 32.3 Å². The summed E-state index contributed by atoms with van der Waals surface area (Å²) in [5, 5.41) is 4.00. The summed E-state index contributed by atoms with van der Waals surface area (Å²) in [5.41, 5.74) is 4.62. The van der Waals surface area contributed by atoms with Gasteiger partial charge in [0.1, 0.15) is 0 Å². The first-order chi connectivity index (χ1) is 9.54. The van der Waals surface area contributed by atoms with Crippen molar-refractivity contribution in [1.82, 2.24) is 5.32 Å². The second-order valence-corrected chi connectivity index (χ2v) is 5.47. The van der Waals surface area contributed by atoms with Crippen molar-refractivity contribution in [3.8, 4) is 0 Å². The van der Waals surface area contributed by atoms with Crippen LogP contribution in [0.25, 0.3) is 0 Å². The van der Waals surface area contributed by atoms with Crippen molar-refractivity contribution in [2.45, 2.75) is 19.9 Å². The predicted octanol–water partition coefficient (Wildman–Crippen LogP) is 4.70. The Morgan fingerprint density at radius 2 is 1.80 bits per heavy atom. The van der Waals surface area contributed by atoms with Gasteiger partial charge in [-0.1, -0.05) is 35.9 Å². The molecule has 0 saturated heterocycles. The average Bonchev–Trinajstić information content (AvgIpc) is 2.46. The molecule has 0 bridgehead atoms. The lowest BCUT2D eigenvalue weighted by molar-refractivity contribution is 0.652. The quantitative estimate of drug-likeness (QED) is 0.877. The Hall–Kier alpha value is -1.51. The van der Waals surface area contributed by atoms with E-state index in [2.05, 4.69) is 48.3 Å². The van der Waals surface area contributed by atoms with E-state index in [4.69, 9.17) is 11.6 Å². The maximum atomic E-state index is 6.46. The van der Waals surface area contributed by atoms with Crippen molar-refractivity contribution in [1.29, 1.82) is 0 Å². The lowest BCUT2D eigenvalue weighted by Gasteiger charge is -2.23. The zero-order valence-corrected chi connectivity index (χ0v) is 13.2. The van der Waals surface area contributed by atoms with E-state index in [1.54, 1.807) is 0 Å². The zero-order valence-electron chi connectivity index (χ0n) is 12.4. The third-order valence-electron chi connectivity index (χ3n) is 3.74. The molecule has 0 aliphatic rings. The van der Waals surface area contributed by atoms with E-state index in [0.29, 0.717) is 6.04 Å². The van der Waals surface area contributed by atoms with Crippen LogP contribution in [-0.2, 0) is 0 Å². The molecule has 2 aromatic carbocycles. The van der Waals surface area contributed by atoms with Gasteiger partial charge in [0.2, 0.25) is 0 Å². The highest BCUT2D eigenvalue weighted by Crippen LogP contribution is 2.33. The summed E-state index contributed by atoms with van der Waals surface area (Å²) >= 11 is 6.46. The topological polar surface area (TPSA) is 15.3 Å². The van der Waals surface area contributed by atoms with Crippen LogP contribution in [0.4, 0.5) is 11.4 Å². The molecule has 1 unspecified atom stereocenters. The predicted molar refractivity (Wildman–Crippen MR) is 88.2 cm³/mol. The van der Waals surface area contributed by atoms with Gasteiger partial charge < -0.3 is 10.2 Å². The molecular formula is C17H21ClN2. The van der Waals surface area contributed by atoms with Crippen LogP contribution in [0, 0.1) is 6.92 Å². The van der Waals surface area contributed by atoms with Gasteiger partial charge in [-0.15, -0.1) is 0 Å². The molecule has 1 atom stereocenters. The van der Waals surface area contributed by atoms with Gasteiger partial charge in [0, 0.05) is 18.8 Å². The van der Waals surface area contributed by atoms with Gasteiger partial charge in [-0.05, 0) is 50.2 Å². The van der Waals surface area contributed by atoms with Crippen LogP contribution < -0.4 is 10.2 Å². The fourth-order valence-corrected chi connectivity index (χ4v) is 2.62. The van der Waals surface area contributed by atoms with Gasteiger partial charge in [-0.3, -0.25) is 0 Å². The molecule has 0 spiro atoms. The maximum Gasteiger partial charge on any atom is 0.0646 e. The smallest absolute Gasteiger partial charge is 0.0646 e. The molecule has 106 valence electrons. The third kappa shape index (κ3) is 2.97. The lowest BCUT2D eigenvalue weighted by atomic mass is 10.1. The van der Waals surface area contributed by atoms with E-state index < -0.39 is 0 Å². The molecule has 0 saturated carbocycles. The number of hydrogen-bond donors (Lipinski definition) is 1. The minimum absolute atomic E-state index is 0.297. The summed E-state index contributed by atoms with van der Waals surface area (Å²) in [7, 11) is 4.00. The van der Waals surface area contributed by atoms with Gasteiger partial charge in [0.25, 0.3) is 0 Å². The van der Waals surface area contributed by atoms with Gasteiger partial charge in [0.05, 0.1) is 10.7 Å². The molecule has 2 rings (SSSR count). The highest BCUT2D eigenvalue weighted by Gasteiger charge is 2.12. The summed E-state index contributed by atoms with van der Waals surface area (Å²) in [6.07, 6.45) is 0. The summed E-state index contributed by atoms with van der Waals surface area (Å²) in [6, 6.07) is 14.8. The normalized spacial score (nSPS) is 12.2. The summed E-state index contributed by atoms with van der Waals surface area (Å²) in [6.45, 7) is 4.23. The molecule has 0 aliphatic carbocycles. The second kappa shape index (κ2) is 6.29. The van der Waals surface area contributed by atoms with E-state index in [1.165, 1.54) is 16.8 Å². The Bertz CT molecular complexity index is 595. The SMILES string of the molecule is CNC(C)c1ccc(N(C)c2ccccc2C)c(Cl)c1. The van der Waals surface area contributed by atoms with E-state index >= 15 is 0 Å². The van der Waals surface area contributed by atoms with E-state index in [0.717, 1.165) is 10.7 Å². The van der Waals surface area contributed by atoms with Crippen LogP contribution in [0.15, 0.2) is 42.5 Å². The van der Waals surface area contributed by atoms with Gasteiger partial charge in [0.15, 0.2) is 0 Å². The van der Waals surface area contributed by atoms with Crippen LogP contribution in [0.3, 0.4) is 0 Å². The number of nitrogens with one attached hydrogen (secondary N) is 1. The Balaban J connectivity index is 2.36. The minimum atomic E-state index is 0.297. The van der Waals surface area contributed by atoms with Crippen LogP contribution in [-0.4, -0.2) is 14.1 Å². The second-order valence-electron chi connectivity index (χ2n) is 5.07. The van der Waals surface area contributed by atoms with Crippen molar-refractivity contribution in [2.75, 3.05) is 19.0 Å². The molecule has 0 amide bonds. The third-order valence-corrected chi connectivity index (χ3v) is 4.05. The molecule has 1 N–H and O–H groups in total. The van der Waals surface area contributed by atoms with Gasteiger partial charge >= 0.3 is 0 Å². The first kappa shape index (κ1) is 14.9. The highest BCUT2D eigenvalue weighted by molar-refractivity contribution is 6.33. The van der Waals surface area contributed by atoms with Crippen molar-refractivity contribution >= 4 is 23.0 Å². The Morgan fingerprint density at radius 3 is 2.40 bits per heavy atom. The molecular weight excluding hydrogens is 268 g/mol. The number of halogens is 1. The molecule has 0 fully saturated rings. The van der Waals surface area contributed by atoms with Crippen molar-refractivity contribution in [3.05, 3.63) is 58.6 Å². The standard InChI is InChI=1S/C17H21ClN2/c1-12-7-5-6-8-16(12)20(4)17-10-9-14(11-15(17)18)13(2)19-3/h5-11,13,19H,1-4H3. The van der Waals surface area contributed by atoms with Crippen molar-refractivity contribution < 1.29 is 0 Å². The summed E-state index contributed by atoms with van der Waals surface area (Å²) in [4.78, 5) is 2.13. The minimum Gasteiger partial charge on any atom is -0.343 e. The molecule has 2 nitrogen and oxygen atoms in total. The van der Waals surface area contributed by atoms with Crippen molar-refractivity contribution in [3.63, 3.8) is 0 Å². The molecule has 0 aliphatic heterocycles. The number of hydrogen-bond acceptors (Lipinski definition) is 2. The number of benzene rings is 2. The molecule has 3 heteroatoms. The number of aryl methyl sites for hydroxylation is 1. The van der Waals surface area contributed by atoms with Crippen LogP contribution >= 0.6 is 11.6 Å². The molecule has 0 aromatic heterocycles. The Morgan fingerprint density at radius 1 is 1.10 bits per heavy atom. The van der Waals surface area contributed by atoms with Gasteiger partial charge in [-0.2, -0.15) is 0 Å². The fraction of sp³-hybridized carbons (Fsp3) is 0.294. The summed E-state index contributed by atoms with van der Waals surface area (Å²) < 4.78 is 0. The Labute approximate surface area is 126 Å². The lowest BCUT2D eigenvalue weighted by Crippen LogP contribution is -2.14. The number of rotatable bonds is 4. The van der Waals surface area contributed by atoms with Crippen LogP contribution in [0.5, 0.6) is 0 Å². The number of para-hydroxylation sites is 1. The van der Waals surface area contributed by atoms with Crippen LogP contribution in [0.2, 0.25) is 5.02 Å². The van der Waals surface area contributed by atoms with Gasteiger partial charge in [-0.25, -0.2) is 0 Å². The number of nitrogens with zero attached hydrogens (tertiary/aromatic N) is 1. The largest absolute Gasteiger partial charge is 0.343 e. The summed E-state index contributed by atoms with van der Waals surface area (Å²) in [5.74, 6) is 0. The molecule has 0 heterocycles.